The van der Waals surface area contributed by atoms with Crippen LogP contribution < -0.4 is 0 Å². The molecule has 0 saturated carbocycles. The number of fused-ring (bicyclic) bond motifs is 2. The maximum Gasteiger partial charge on any atom is 0.185 e. The van der Waals surface area contributed by atoms with Crippen LogP contribution in [0.15, 0.2) is 10.6 Å². The van der Waals surface area contributed by atoms with Gasteiger partial charge in [0.25, 0.3) is 0 Å². The molecule has 3 nitrogen and oxygen atoms in total. The lowest BCUT2D eigenvalue weighted by molar-refractivity contribution is -0.116. The third-order valence-electron chi connectivity index (χ3n) is 3.90. The van der Waals surface area contributed by atoms with Crippen molar-refractivity contribution in [2.24, 2.45) is 0 Å². The summed E-state index contributed by atoms with van der Waals surface area (Å²) in [6.07, 6.45) is 6.56. The molecule has 3 aliphatic heterocycles. The van der Waals surface area contributed by atoms with Crippen molar-refractivity contribution in [3.05, 3.63) is 10.6 Å². The fourth-order valence-electron chi connectivity index (χ4n) is 3.04. The molecule has 0 radical (unpaired) electrons. The second-order valence-electron chi connectivity index (χ2n) is 5.34. The van der Waals surface area contributed by atoms with E-state index in [2.05, 4.69) is 9.80 Å². The minimum Gasteiger partial charge on any atom is -0.360 e. The average molecular weight is 252 g/mol. The minimum absolute atomic E-state index is 0.338. The van der Waals surface area contributed by atoms with Crippen molar-refractivity contribution in [3.63, 3.8) is 0 Å². The van der Waals surface area contributed by atoms with E-state index >= 15 is 0 Å². The van der Waals surface area contributed by atoms with Gasteiger partial charge in [0.15, 0.2) is 5.78 Å². The number of hydrogen-bond donors (Lipinski definition) is 0. The normalized spacial score (nSPS) is 31.0. The molecule has 0 amide bonds. The fourth-order valence-corrected chi connectivity index (χ4v) is 4.47. The number of ketones is 1. The Bertz CT molecular complexity index is 366. The number of likely N-dealkylation sites (N-methyl/N-ethyl adjacent to an activating group) is 1. The Kier molecular flexibility index (Phi) is 3.17. The van der Waals surface area contributed by atoms with Gasteiger partial charge in [-0.1, -0.05) is 31.0 Å². The molecule has 3 heterocycles. The van der Waals surface area contributed by atoms with E-state index in [4.69, 9.17) is 0 Å². The smallest absolute Gasteiger partial charge is 0.185 e. The molecule has 3 rings (SSSR count). The number of nitrogens with zero attached hydrogens (tertiary/aromatic N) is 2. The van der Waals surface area contributed by atoms with E-state index in [1.807, 2.05) is 18.8 Å². The van der Waals surface area contributed by atoms with E-state index in [-0.39, 0.29) is 0 Å². The molecule has 4 heteroatoms. The van der Waals surface area contributed by atoms with Gasteiger partial charge >= 0.3 is 0 Å². The molecule has 0 aromatic heterocycles. The summed E-state index contributed by atoms with van der Waals surface area (Å²) >= 11 is 1.84. The predicted molar refractivity (Wildman–Crippen MR) is 70.7 cm³/mol. The van der Waals surface area contributed by atoms with E-state index < -0.39 is 0 Å². The Morgan fingerprint density at radius 1 is 1.18 bits per heavy atom. The number of carbonyl (C=O) groups excluding carboxylic acids is 1. The third-order valence-corrected chi connectivity index (χ3v) is 5.36. The largest absolute Gasteiger partial charge is 0.360 e. The lowest BCUT2D eigenvalue weighted by atomic mass is 10.1. The van der Waals surface area contributed by atoms with Gasteiger partial charge < -0.3 is 4.90 Å². The highest BCUT2D eigenvalue weighted by molar-refractivity contribution is 8.04. The Labute approximate surface area is 107 Å². The Balaban J connectivity index is 1.85. The maximum absolute atomic E-state index is 12.1. The second-order valence-corrected chi connectivity index (χ2v) is 6.53. The highest BCUT2D eigenvalue weighted by atomic mass is 32.2. The van der Waals surface area contributed by atoms with Crippen LogP contribution in [0, 0.1) is 0 Å². The molecule has 94 valence electrons. The number of hydrogen-bond acceptors (Lipinski definition) is 4. The summed E-state index contributed by atoms with van der Waals surface area (Å²) in [5.74, 6) is 0.338. The average Bonchev–Trinajstić information content (AvgIpc) is 2.56. The monoisotopic (exact) mass is 252 g/mol. The van der Waals surface area contributed by atoms with Crippen LogP contribution in [-0.2, 0) is 4.79 Å². The third kappa shape index (κ3) is 2.13. The quantitative estimate of drug-likeness (QED) is 0.658. The number of thioether (sulfide) groups is 1. The van der Waals surface area contributed by atoms with Gasteiger partial charge in [-0.15, -0.1) is 0 Å². The van der Waals surface area contributed by atoms with E-state index in [1.54, 1.807) is 0 Å². The van der Waals surface area contributed by atoms with Crippen LogP contribution in [0.1, 0.15) is 32.1 Å². The molecule has 1 fully saturated rings. The molecule has 0 aliphatic carbocycles. The molecule has 1 atom stereocenters. The summed E-state index contributed by atoms with van der Waals surface area (Å²) in [5, 5.41) is 0.552. The molecular weight excluding hydrogens is 232 g/mol. The van der Waals surface area contributed by atoms with Gasteiger partial charge in [0, 0.05) is 18.8 Å². The highest BCUT2D eigenvalue weighted by Crippen LogP contribution is 2.43. The molecular formula is C13H20N2OS. The lowest BCUT2D eigenvalue weighted by Crippen LogP contribution is -2.39. The first-order valence-corrected chi connectivity index (χ1v) is 7.52. The van der Waals surface area contributed by atoms with Crippen LogP contribution in [0.4, 0.5) is 0 Å². The highest BCUT2D eigenvalue weighted by Gasteiger charge is 2.38. The summed E-state index contributed by atoms with van der Waals surface area (Å²) in [5.41, 5.74) is 1.32. The zero-order valence-electron chi connectivity index (χ0n) is 10.4. The summed E-state index contributed by atoms with van der Waals surface area (Å²) in [6.45, 7) is 2.72. The number of rotatable bonds is 0. The maximum atomic E-state index is 12.1. The van der Waals surface area contributed by atoms with E-state index in [0.717, 1.165) is 18.0 Å². The first-order chi connectivity index (χ1) is 8.25. The summed E-state index contributed by atoms with van der Waals surface area (Å²) in [7, 11) is 2.05. The zero-order valence-corrected chi connectivity index (χ0v) is 11.3. The lowest BCUT2D eigenvalue weighted by Gasteiger charge is -2.33. The molecule has 1 unspecified atom stereocenters. The van der Waals surface area contributed by atoms with Crippen molar-refractivity contribution in [2.45, 2.75) is 37.5 Å². The van der Waals surface area contributed by atoms with Crippen molar-refractivity contribution in [2.75, 3.05) is 26.7 Å². The Hall–Kier alpha value is -0.480. The molecule has 0 N–H and O–H groups in total. The molecule has 0 bridgehead atoms. The van der Waals surface area contributed by atoms with Crippen molar-refractivity contribution < 1.29 is 4.79 Å². The van der Waals surface area contributed by atoms with Crippen molar-refractivity contribution in [1.29, 1.82) is 0 Å². The molecule has 17 heavy (non-hydrogen) atoms. The standard InChI is InChI=1S/C13H20N2OS/c1-14-8-10-13(11(16)9-14)17-12-6-4-2-3-5-7-15(10)12/h12H,2-9H2,1H3. The van der Waals surface area contributed by atoms with Gasteiger partial charge in [0.2, 0.25) is 0 Å². The second kappa shape index (κ2) is 4.65. The van der Waals surface area contributed by atoms with E-state index in [0.29, 0.717) is 17.7 Å². The van der Waals surface area contributed by atoms with Gasteiger partial charge in [0.1, 0.15) is 0 Å². The molecule has 3 aliphatic rings. The molecule has 1 saturated heterocycles. The van der Waals surface area contributed by atoms with Crippen LogP contribution >= 0.6 is 11.8 Å². The first kappa shape index (κ1) is 11.6. The predicted octanol–water partition coefficient (Wildman–Crippen LogP) is 2.05. The van der Waals surface area contributed by atoms with Gasteiger partial charge in [-0.3, -0.25) is 9.69 Å². The Morgan fingerprint density at radius 3 is 2.88 bits per heavy atom. The van der Waals surface area contributed by atoms with Crippen molar-refractivity contribution in [3.8, 4) is 0 Å². The fraction of sp³-hybridized carbons (Fsp3) is 0.769. The molecule has 0 aromatic carbocycles. The first-order valence-electron chi connectivity index (χ1n) is 6.64. The summed E-state index contributed by atoms with van der Waals surface area (Å²) in [6, 6.07) is 0. The summed E-state index contributed by atoms with van der Waals surface area (Å²) < 4.78 is 0. The van der Waals surface area contributed by atoms with Crippen LogP contribution in [0.25, 0.3) is 0 Å². The van der Waals surface area contributed by atoms with Crippen LogP contribution in [-0.4, -0.2) is 47.6 Å². The van der Waals surface area contributed by atoms with Gasteiger partial charge in [0.05, 0.1) is 16.8 Å². The topological polar surface area (TPSA) is 23.6 Å². The number of Topliss-reactive ketones (excluding diaryl/α,β-unsaturated/α-hetero) is 1. The molecule has 0 spiro atoms. The summed E-state index contributed by atoms with van der Waals surface area (Å²) in [4.78, 5) is 17.8. The van der Waals surface area contributed by atoms with Crippen LogP contribution in [0.2, 0.25) is 0 Å². The van der Waals surface area contributed by atoms with Crippen LogP contribution in [0.3, 0.4) is 0 Å². The van der Waals surface area contributed by atoms with Crippen LogP contribution in [0.5, 0.6) is 0 Å². The van der Waals surface area contributed by atoms with Gasteiger partial charge in [-0.2, -0.15) is 0 Å². The number of carbonyl (C=O) groups is 1. The van der Waals surface area contributed by atoms with Gasteiger partial charge in [-0.05, 0) is 19.9 Å². The van der Waals surface area contributed by atoms with Gasteiger partial charge in [-0.25, -0.2) is 0 Å². The minimum atomic E-state index is 0.338. The Morgan fingerprint density at radius 2 is 2.00 bits per heavy atom. The zero-order chi connectivity index (χ0) is 11.8. The van der Waals surface area contributed by atoms with E-state index in [1.165, 1.54) is 37.8 Å². The SMILES string of the molecule is CN1CC(=O)C2=C(C1)N1CCCCCCC1S2. The van der Waals surface area contributed by atoms with Crippen molar-refractivity contribution >= 4 is 17.5 Å². The van der Waals surface area contributed by atoms with Crippen molar-refractivity contribution in [1.82, 2.24) is 9.80 Å². The molecule has 0 aromatic rings. The van der Waals surface area contributed by atoms with E-state index in [9.17, 15) is 4.79 Å².